The van der Waals surface area contributed by atoms with Crippen LogP contribution in [0.1, 0.15) is 12.5 Å². The van der Waals surface area contributed by atoms with Crippen LogP contribution in [0.25, 0.3) is 22.3 Å². The summed E-state index contributed by atoms with van der Waals surface area (Å²) in [5, 5.41) is 22.2. The van der Waals surface area contributed by atoms with Crippen LogP contribution in [-0.2, 0) is 36.7 Å². The predicted molar refractivity (Wildman–Crippen MR) is 145 cm³/mol. The van der Waals surface area contributed by atoms with Crippen molar-refractivity contribution in [3.63, 3.8) is 0 Å². The molecule has 10 atom stereocenters. The molecular formula is C20H25N11O12P2. The van der Waals surface area contributed by atoms with Gasteiger partial charge < -0.3 is 36.0 Å². The van der Waals surface area contributed by atoms with Crippen LogP contribution in [0.2, 0.25) is 0 Å². The molecular weight excluding hydrogens is 648 g/mol. The summed E-state index contributed by atoms with van der Waals surface area (Å²) in [5.74, 6) is -0.209. The van der Waals surface area contributed by atoms with Crippen molar-refractivity contribution >= 4 is 49.7 Å². The summed E-state index contributed by atoms with van der Waals surface area (Å²) in [6.45, 7) is -1.49. The predicted octanol–water partition coefficient (Wildman–Crippen LogP) is -2.38. The van der Waals surface area contributed by atoms with E-state index in [9.17, 15) is 29.0 Å². The lowest BCUT2D eigenvalue weighted by Gasteiger charge is -2.26. The van der Waals surface area contributed by atoms with Crippen molar-refractivity contribution in [1.82, 2.24) is 39.0 Å². The van der Waals surface area contributed by atoms with Gasteiger partial charge in [-0.2, -0.15) is 4.98 Å². The number of rotatable bonds is 2. The van der Waals surface area contributed by atoms with Crippen LogP contribution in [0.4, 0.5) is 11.8 Å². The molecule has 3 saturated heterocycles. The van der Waals surface area contributed by atoms with Crippen LogP contribution in [-0.4, -0.2) is 104 Å². The molecule has 10 N–H and O–H groups in total. The Hall–Kier alpha value is -3.44. The lowest BCUT2D eigenvalue weighted by molar-refractivity contribution is -0.0631. The first kappa shape index (κ1) is 30.2. The lowest BCUT2D eigenvalue weighted by atomic mass is 10.1. The van der Waals surface area contributed by atoms with Crippen LogP contribution in [0.3, 0.4) is 0 Å². The molecule has 25 heteroatoms. The number of anilines is 2. The molecule has 7 heterocycles. The third-order valence-electron chi connectivity index (χ3n) is 7.35. The number of aliphatic hydroxyl groups is 2. The number of H-pyrrole nitrogens is 1. The van der Waals surface area contributed by atoms with Gasteiger partial charge in [-0.25, -0.2) is 34.6 Å². The summed E-state index contributed by atoms with van der Waals surface area (Å²) in [6, 6.07) is 0. The number of phosphoric ester groups is 1. The van der Waals surface area contributed by atoms with Gasteiger partial charge in [0.15, 0.2) is 35.1 Å². The molecule has 3 fully saturated rings. The van der Waals surface area contributed by atoms with Gasteiger partial charge in [-0.3, -0.25) is 37.0 Å². The van der Waals surface area contributed by atoms with E-state index in [1.165, 1.54) is 15.5 Å². The number of nitrogens with one attached hydrogen (secondary N) is 1. The van der Waals surface area contributed by atoms with Crippen LogP contribution in [0.15, 0.2) is 23.8 Å². The topological polar surface area (TPSA) is 335 Å². The number of imidazole rings is 2. The number of nitrogens with zero attached hydrogens (tertiary/aromatic N) is 7. The van der Waals surface area contributed by atoms with Crippen molar-refractivity contribution < 1.29 is 51.8 Å². The highest BCUT2D eigenvalue weighted by molar-refractivity contribution is 7.51. The highest BCUT2D eigenvalue weighted by Gasteiger charge is 2.53. The largest absolute Gasteiger partial charge is 0.472 e. The molecule has 242 valence electrons. The van der Waals surface area contributed by atoms with Gasteiger partial charge in [0, 0.05) is 0 Å². The first-order valence-corrected chi connectivity index (χ1v) is 16.1. The molecule has 45 heavy (non-hydrogen) atoms. The lowest BCUT2D eigenvalue weighted by Crippen LogP contribution is -2.36. The maximum Gasteiger partial charge on any atom is 0.472 e. The minimum atomic E-state index is -5.03. The zero-order valence-corrected chi connectivity index (χ0v) is 24.3. The second-order valence-corrected chi connectivity index (χ2v) is 13.2. The van der Waals surface area contributed by atoms with Gasteiger partial charge in [0.25, 0.3) is 5.56 Å². The summed E-state index contributed by atoms with van der Waals surface area (Å²) >= 11 is 0. The Morgan fingerprint density at radius 1 is 0.867 bits per heavy atom. The van der Waals surface area contributed by atoms with Gasteiger partial charge in [0.05, 0.1) is 25.9 Å². The molecule has 2 bridgehead atoms. The van der Waals surface area contributed by atoms with Gasteiger partial charge in [0.1, 0.15) is 48.5 Å². The number of nitrogens with two attached hydrogens (primary N) is 3. The van der Waals surface area contributed by atoms with E-state index in [-0.39, 0.29) is 34.1 Å². The molecule has 3 aliphatic heterocycles. The van der Waals surface area contributed by atoms with Crippen molar-refractivity contribution in [2.24, 2.45) is 5.50 Å². The number of hydrogen-bond donors (Lipinski definition) is 7. The van der Waals surface area contributed by atoms with E-state index in [0.717, 1.165) is 12.7 Å². The quantitative estimate of drug-likeness (QED) is 0.109. The van der Waals surface area contributed by atoms with Crippen molar-refractivity contribution in [2.75, 3.05) is 24.7 Å². The zero-order chi connectivity index (χ0) is 31.8. The molecule has 0 spiro atoms. The number of phosphoric acid groups is 1. The van der Waals surface area contributed by atoms with Crippen LogP contribution >= 0.6 is 15.6 Å². The highest BCUT2D eigenvalue weighted by Crippen LogP contribution is 2.52. The molecule has 0 radical (unpaired) electrons. The molecule has 0 saturated carbocycles. The second kappa shape index (κ2) is 10.8. The fraction of sp³-hybridized carbons (Fsp3) is 0.500. The van der Waals surface area contributed by atoms with Gasteiger partial charge in [0.2, 0.25) is 5.95 Å². The minimum Gasteiger partial charge on any atom is -0.387 e. The third kappa shape index (κ3) is 5.31. The number of hydrogen-bond acceptors (Lipinski definition) is 18. The Morgan fingerprint density at radius 3 is 2.33 bits per heavy atom. The molecule has 7 rings (SSSR count). The third-order valence-corrected chi connectivity index (χ3v) is 9.38. The Bertz CT molecular complexity index is 1940. The molecule has 3 aliphatic rings. The Labute approximate surface area is 249 Å². The number of aromatic nitrogens is 8. The van der Waals surface area contributed by atoms with Crippen molar-refractivity contribution in [3.05, 3.63) is 29.3 Å². The average molecular weight is 673 g/mol. The normalized spacial score (nSPS) is 37.7. The van der Waals surface area contributed by atoms with E-state index in [2.05, 4.69) is 29.9 Å². The molecule has 4 aromatic rings. The summed E-state index contributed by atoms with van der Waals surface area (Å²) in [6.07, 6.45) is -8.57. The van der Waals surface area contributed by atoms with Gasteiger partial charge in [-0.1, -0.05) is 0 Å². The smallest absolute Gasteiger partial charge is 0.387 e. The molecule has 0 amide bonds. The second-order valence-electron chi connectivity index (χ2n) is 10.2. The molecule has 4 aromatic heterocycles. The van der Waals surface area contributed by atoms with Crippen molar-refractivity contribution in [2.45, 2.75) is 49.1 Å². The molecule has 4 unspecified atom stereocenters. The van der Waals surface area contributed by atoms with Crippen molar-refractivity contribution in [1.29, 1.82) is 0 Å². The molecule has 0 aliphatic carbocycles. The number of nitrogen functional groups attached to an aromatic ring is 2. The summed E-state index contributed by atoms with van der Waals surface area (Å²) in [5.41, 5.74) is 16.9. The number of fused-ring (bicyclic) bond motifs is 5. The summed E-state index contributed by atoms with van der Waals surface area (Å²) in [4.78, 5) is 45.3. The molecule has 0 aromatic carbocycles. The number of ether oxygens (including phenoxy) is 2. The number of aromatic amines is 1. The van der Waals surface area contributed by atoms with Crippen molar-refractivity contribution in [3.8, 4) is 0 Å². The average Bonchev–Trinajstić information content (AvgIpc) is 3.72. The van der Waals surface area contributed by atoms with Crippen LogP contribution in [0.5, 0.6) is 0 Å². The van der Waals surface area contributed by atoms with Gasteiger partial charge in [-0.15, -0.1) is 0 Å². The Morgan fingerprint density at radius 2 is 1.56 bits per heavy atom. The maximum absolute atomic E-state index is 13.4. The standard InChI is InChI=1S/C20H25N11O12P2/c21-14-8-15(25-3-24-14)30(4-26-8)18-11(33)12-7(41-18)2-38-44(23,35)42-13-10(32)6(1-39-45(36,37)43-12)40-19(13)31-5-27-9-16(31)28-20(22)29-17(9)34/h3-7,10-13,18-19,32-33H,1-2H2,(H2,23,35)(H,36,37)(H2,21,24,25)(H3,22,28,29,34)/t6-,7-,10?,11?,12+,13+,18-,19-,44?/m1/s1. The zero-order valence-electron chi connectivity index (χ0n) is 22.5. The fourth-order valence-corrected chi connectivity index (χ4v) is 7.27. The fourth-order valence-electron chi connectivity index (χ4n) is 5.32. The minimum absolute atomic E-state index is 0.0509. The van der Waals surface area contributed by atoms with E-state index in [1.54, 1.807) is 0 Å². The summed E-state index contributed by atoms with van der Waals surface area (Å²) < 4.78 is 62.0. The highest BCUT2D eigenvalue weighted by atomic mass is 31.2. The first-order valence-electron chi connectivity index (χ1n) is 13.0. The monoisotopic (exact) mass is 673 g/mol. The van der Waals surface area contributed by atoms with Gasteiger partial charge >= 0.3 is 15.6 Å². The van der Waals surface area contributed by atoms with Gasteiger partial charge in [-0.05, 0) is 0 Å². The van der Waals surface area contributed by atoms with E-state index >= 15 is 0 Å². The Balaban J connectivity index is 1.21. The number of aliphatic hydroxyl groups excluding tert-OH is 2. The van der Waals surface area contributed by atoms with E-state index in [0.29, 0.717) is 0 Å². The molecule has 23 nitrogen and oxygen atoms in total. The Kier molecular flexibility index (Phi) is 7.27. The van der Waals surface area contributed by atoms with E-state index in [1.807, 2.05) is 0 Å². The van der Waals surface area contributed by atoms with Crippen LogP contribution in [0, 0.1) is 0 Å². The van der Waals surface area contributed by atoms with E-state index < -0.39 is 83.4 Å². The summed E-state index contributed by atoms with van der Waals surface area (Å²) in [7, 11) is -9.65. The van der Waals surface area contributed by atoms with Crippen LogP contribution < -0.4 is 22.5 Å². The SMILES string of the molecule is Nc1nc2c(ncn2[C@@H]2O[C@@H]3COP(=O)(O)O[C@@H]4C(O)[C@H](n5cnc6c(N)ncnc65)O[C@@H]4COP(N)(=O)O[C@H]2C3O)c(=O)[nH]1. The maximum atomic E-state index is 13.4. The first-order chi connectivity index (χ1) is 21.3. The van der Waals surface area contributed by atoms with E-state index in [4.69, 9.17) is 44.5 Å².